The van der Waals surface area contributed by atoms with Crippen molar-refractivity contribution in [3.8, 4) is 0 Å². The van der Waals surface area contributed by atoms with Gasteiger partial charge in [0.1, 0.15) is 0 Å². The SMILES string of the molecule is COC1CC2N(C1)C1CC23OC(=O)C=C3CC1O. The van der Waals surface area contributed by atoms with E-state index in [1.807, 2.05) is 0 Å². The number of aliphatic hydroxyl groups is 1. The van der Waals surface area contributed by atoms with Gasteiger partial charge in [0, 0.05) is 38.6 Å². The highest BCUT2D eigenvalue weighted by molar-refractivity contribution is 5.87. The molecule has 2 bridgehead atoms. The van der Waals surface area contributed by atoms with Gasteiger partial charge in [-0.2, -0.15) is 0 Å². The van der Waals surface area contributed by atoms with Crippen molar-refractivity contribution >= 4 is 5.97 Å². The highest BCUT2D eigenvalue weighted by atomic mass is 16.6. The number of carbonyl (C=O) groups excluding carboxylic acids is 1. The van der Waals surface area contributed by atoms with Crippen molar-refractivity contribution in [3.05, 3.63) is 11.6 Å². The monoisotopic (exact) mass is 251 g/mol. The number of aliphatic hydroxyl groups excluding tert-OH is 1. The largest absolute Gasteiger partial charge is 0.450 e. The molecule has 98 valence electrons. The first kappa shape index (κ1) is 11.0. The van der Waals surface area contributed by atoms with Crippen LogP contribution in [0.2, 0.25) is 0 Å². The smallest absolute Gasteiger partial charge is 0.331 e. The zero-order valence-corrected chi connectivity index (χ0v) is 10.3. The van der Waals surface area contributed by atoms with Crippen molar-refractivity contribution in [2.45, 2.75) is 49.2 Å². The van der Waals surface area contributed by atoms with E-state index in [4.69, 9.17) is 9.47 Å². The maximum atomic E-state index is 11.6. The Morgan fingerprint density at radius 2 is 2.44 bits per heavy atom. The van der Waals surface area contributed by atoms with Gasteiger partial charge < -0.3 is 14.6 Å². The molecule has 4 rings (SSSR count). The van der Waals surface area contributed by atoms with E-state index in [0.717, 1.165) is 25.0 Å². The number of methoxy groups -OCH3 is 1. The standard InChI is InChI=1S/C13H17NO4/c1-17-8-4-11-13-5-9(14(11)6-8)10(15)2-7(13)3-12(16)18-13/h3,8-11,15H,2,4-6H2,1H3. The summed E-state index contributed by atoms with van der Waals surface area (Å²) in [6, 6.07) is 0.292. The van der Waals surface area contributed by atoms with Gasteiger partial charge in [0.2, 0.25) is 0 Å². The first-order valence-corrected chi connectivity index (χ1v) is 6.54. The molecule has 4 aliphatic rings. The van der Waals surface area contributed by atoms with Crippen molar-refractivity contribution in [1.29, 1.82) is 0 Å². The molecule has 1 N–H and O–H groups in total. The maximum absolute atomic E-state index is 11.6. The first-order chi connectivity index (χ1) is 8.64. The Balaban J connectivity index is 1.77. The Hall–Kier alpha value is -0.910. The molecule has 1 aliphatic carbocycles. The number of rotatable bonds is 1. The summed E-state index contributed by atoms with van der Waals surface area (Å²) in [5, 5.41) is 10.2. The highest BCUT2D eigenvalue weighted by Crippen LogP contribution is 2.54. The van der Waals surface area contributed by atoms with Crippen LogP contribution in [0.1, 0.15) is 19.3 Å². The second-order valence-electron chi connectivity index (χ2n) is 5.83. The van der Waals surface area contributed by atoms with Crippen molar-refractivity contribution in [2.75, 3.05) is 13.7 Å². The molecule has 0 amide bonds. The van der Waals surface area contributed by atoms with E-state index < -0.39 is 5.60 Å². The summed E-state index contributed by atoms with van der Waals surface area (Å²) >= 11 is 0. The molecular formula is C13H17NO4. The molecule has 5 heteroatoms. The summed E-state index contributed by atoms with van der Waals surface area (Å²) in [4.78, 5) is 13.9. The number of fused-ring (bicyclic) bond motifs is 3. The van der Waals surface area contributed by atoms with E-state index in [9.17, 15) is 9.90 Å². The summed E-state index contributed by atoms with van der Waals surface area (Å²) in [5.41, 5.74) is 0.523. The van der Waals surface area contributed by atoms with Gasteiger partial charge in [-0.25, -0.2) is 4.79 Å². The second-order valence-corrected chi connectivity index (χ2v) is 5.83. The lowest BCUT2D eigenvalue weighted by molar-refractivity contribution is -0.148. The van der Waals surface area contributed by atoms with Crippen molar-refractivity contribution in [2.24, 2.45) is 0 Å². The van der Waals surface area contributed by atoms with Crippen LogP contribution in [-0.4, -0.2) is 59.5 Å². The molecule has 3 fully saturated rings. The fourth-order valence-corrected chi connectivity index (χ4v) is 4.32. The molecule has 0 aromatic carbocycles. The Bertz CT molecular complexity index is 448. The van der Waals surface area contributed by atoms with Gasteiger partial charge in [0.25, 0.3) is 0 Å². The molecule has 0 radical (unpaired) electrons. The van der Waals surface area contributed by atoms with Gasteiger partial charge in [0.05, 0.1) is 18.2 Å². The Labute approximate surface area is 105 Å². The van der Waals surface area contributed by atoms with Crippen LogP contribution in [-0.2, 0) is 14.3 Å². The zero-order valence-electron chi connectivity index (χ0n) is 10.3. The summed E-state index contributed by atoms with van der Waals surface area (Å²) in [7, 11) is 1.72. The van der Waals surface area contributed by atoms with Crippen LogP contribution in [0.25, 0.3) is 0 Å². The molecule has 0 aromatic rings. The topological polar surface area (TPSA) is 59.0 Å². The Morgan fingerprint density at radius 3 is 3.22 bits per heavy atom. The molecule has 1 saturated carbocycles. The van der Waals surface area contributed by atoms with E-state index in [0.29, 0.717) is 6.42 Å². The molecule has 5 nitrogen and oxygen atoms in total. The number of ether oxygens (including phenoxy) is 2. The first-order valence-electron chi connectivity index (χ1n) is 6.54. The van der Waals surface area contributed by atoms with Crippen molar-refractivity contribution in [1.82, 2.24) is 4.90 Å². The Morgan fingerprint density at radius 1 is 1.61 bits per heavy atom. The molecule has 18 heavy (non-hydrogen) atoms. The van der Waals surface area contributed by atoms with E-state index >= 15 is 0 Å². The highest BCUT2D eigenvalue weighted by Gasteiger charge is 2.65. The predicted octanol–water partition coefficient (Wildman–Crippen LogP) is -0.165. The minimum atomic E-state index is -0.464. The van der Waals surface area contributed by atoms with Crippen LogP contribution < -0.4 is 0 Å². The molecule has 2 saturated heterocycles. The van der Waals surface area contributed by atoms with Crippen LogP contribution in [0.4, 0.5) is 0 Å². The lowest BCUT2D eigenvalue weighted by Gasteiger charge is -2.35. The third-order valence-corrected chi connectivity index (χ3v) is 5.10. The minimum absolute atomic E-state index is 0.109. The molecular weight excluding hydrogens is 234 g/mol. The lowest BCUT2D eigenvalue weighted by atomic mass is 9.76. The van der Waals surface area contributed by atoms with Gasteiger partial charge in [0.15, 0.2) is 5.60 Å². The molecule has 5 unspecified atom stereocenters. The number of hydrogen-bond acceptors (Lipinski definition) is 5. The number of hydrogen-bond donors (Lipinski definition) is 1. The van der Waals surface area contributed by atoms with Crippen LogP contribution in [0, 0.1) is 0 Å². The van der Waals surface area contributed by atoms with Crippen LogP contribution in [0.3, 0.4) is 0 Å². The molecule has 3 heterocycles. The predicted molar refractivity (Wildman–Crippen MR) is 61.8 cm³/mol. The quantitative estimate of drug-likeness (QED) is 0.656. The number of carbonyl (C=O) groups is 1. The average Bonchev–Trinajstić information content (AvgIpc) is 2.93. The molecule has 5 atom stereocenters. The van der Waals surface area contributed by atoms with Gasteiger partial charge in [-0.15, -0.1) is 0 Å². The van der Waals surface area contributed by atoms with Crippen LogP contribution in [0.15, 0.2) is 11.6 Å². The summed E-state index contributed by atoms with van der Waals surface area (Å²) < 4.78 is 11.1. The van der Waals surface area contributed by atoms with E-state index in [-0.39, 0.29) is 30.3 Å². The molecule has 0 aromatic heterocycles. The number of nitrogens with zero attached hydrogens (tertiary/aromatic N) is 1. The van der Waals surface area contributed by atoms with Gasteiger partial charge in [-0.05, 0) is 12.0 Å². The van der Waals surface area contributed by atoms with E-state index in [1.165, 1.54) is 0 Å². The third kappa shape index (κ3) is 1.15. The summed E-state index contributed by atoms with van der Waals surface area (Å²) in [6.45, 7) is 0.829. The Kier molecular flexibility index (Phi) is 2.04. The van der Waals surface area contributed by atoms with Gasteiger partial charge in [-0.1, -0.05) is 0 Å². The van der Waals surface area contributed by atoms with Crippen molar-refractivity contribution < 1.29 is 19.4 Å². The average molecular weight is 251 g/mol. The molecule has 1 spiro atoms. The second kappa shape index (κ2) is 3.35. The lowest BCUT2D eigenvalue weighted by Crippen LogP contribution is -2.44. The van der Waals surface area contributed by atoms with E-state index in [1.54, 1.807) is 13.2 Å². The normalized spacial score (nSPS) is 49.9. The van der Waals surface area contributed by atoms with Crippen LogP contribution >= 0.6 is 0 Å². The minimum Gasteiger partial charge on any atom is -0.450 e. The van der Waals surface area contributed by atoms with E-state index in [2.05, 4.69) is 4.90 Å². The summed E-state index contributed by atoms with van der Waals surface area (Å²) in [5.74, 6) is -0.249. The fraction of sp³-hybridized carbons (Fsp3) is 0.769. The van der Waals surface area contributed by atoms with Crippen LogP contribution in [0.5, 0.6) is 0 Å². The zero-order chi connectivity index (χ0) is 12.5. The van der Waals surface area contributed by atoms with Gasteiger partial charge >= 0.3 is 5.97 Å². The van der Waals surface area contributed by atoms with Gasteiger partial charge in [-0.3, -0.25) is 4.90 Å². The fourth-order valence-electron chi connectivity index (χ4n) is 4.32. The summed E-state index contributed by atoms with van der Waals surface area (Å²) in [6.07, 6.45) is 3.57. The number of esters is 1. The maximum Gasteiger partial charge on any atom is 0.331 e. The van der Waals surface area contributed by atoms with Crippen molar-refractivity contribution in [3.63, 3.8) is 0 Å². The third-order valence-electron chi connectivity index (χ3n) is 5.10. The molecule has 3 aliphatic heterocycles.